The van der Waals surface area contributed by atoms with Gasteiger partial charge in [-0.15, -0.1) is 0 Å². The summed E-state index contributed by atoms with van der Waals surface area (Å²) in [6, 6.07) is 16.7. The van der Waals surface area contributed by atoms with Gasteiger partial charge in [-0.1, -0.05) is 59.8 Å². The third-order valence-electron chi connectivity index (χ3n) is 3.95. The molecule has 4 nitrogen and oxygen atoms in total. The molecule has 0 saturated carbocycles. The standard InChI is InChI=1S/C19H14ClNO3S/c1-11(20)24-19(23)21-14-8-4-5-9-16(14)25-17-10-15(22)12-6-2-3-7-13(12)18(17)21/h2-11,22H,1H3. The molecule has 6 heteroatoms. The van der Waals surface area contributed by atoms with Crippen LogP contribution in [0.2, 0.25) is 0 Å². The number of nitrogens with zero attached hydrogens (tertiary/aromatic N) is 1. The number of ether oxygens (including phenoxy) is 1. The molecule has 4 rings (SSSR count). The molecule has 0 aliphatic carbocycles. The second-order valence-electron chi connectivity index (χ2n) is 5.62. The van der Waals surface area contributed by atoms with E-state index < -0.39 is 11.7 Å². The van der Waals surface area contributed by atoms with E-state index in [1.54, 1.807) is 13.0 Å². The normalized spacial score (nSPS) is 13.9. The van der Waals surface area contributed by atoms with Gasteiger partial charge in [0.25, 0.3) is 0 Å². The maximum absolute atomic E-state index is 12.8. The summed E-state index contributed by atoms with van der Waals surface area (Å²) in [4.78, 5) is 16.0. The molecule has 1 heterocycles. The number of rotatable bonds is 1. The van der Waals surface area contributed by atoms with E-state index in [1.165, 1.54) is 16.7 Å². The van der Waals surface area contributed by atoms with Gasteiger partial charge >= 0.3 is 6.09 Å². The minimum absolute atomic E-state index is 0.181. The number of alkyl halides is 1. The Kier molecular flexibility index (Phi) is 3.98. The van der Waals surface area contributed by atoms with E-state index in [4.69, 9.17) is 16.3 Å². The van der Waals surface area contributed by atoms with E-state index in [9.17, 15) is 9.90 Å². The molecule has 0 spiro atoms. The van der Waals surface area contributed by atoms with Crippen LogP contribution in [0.1, 0.15) is 6.92 Å². The first-order valence-electron chi connectivity index (χ1n) is 7.72. The molecule has 3 aromatic rings. The lowest BCUT2D eigenvalue weighted by Gasteiger charge is -2.31. The molecule has 1 unspecified atom stereocenters. The quantitative estimate of drug-likeness (QED) is 0.543. The van der Waals surface area contributed by atoms with Gasteiger partial charge in [-0.25, -0.2) is 9.69 Å². The third-order valence-corrected chi connectivity index (χ3v) is 5.14. The Morgan fingerprint density at radius 1 is 1.12 bits per heavy atom. The summed E-state index contributed by atoms with van der Waals surface area (Å²) in [6.45, 7) is 1.60. The Hall–Kier alpha value is -2.37. The third kappa shape index (κ3) is 2.69. The van der Waals surface area contributed by atoms with Gasteiger partial charge in [-0.3, -0.25) is 0 Å². The average molecular weight is 372 g/mol. The number of phenolic OH excluding ortho intramolecular Hbond substituents is 1. The van der Waals surface area contributed by atoms with Crippen molar-refractivity contribution < 1.29 is 14.6 Å². The van der Waals surface area contributed by atoms with Crippen LogP contribution in [0.4, 0.5) is 16.2 Å². The number of anilines is 2. The Balaban J connectivity index is 2.01. The van der Waals surface area contributed by atoms with Crippen molar-refractivity contribution in [2.75, 3.05) is 4.90 Å². The lowest BCUT2D eigenvalue weighted by Crippen LogP contribution is -2.30. The van der Waals surface area contributed by atoms with Gasteiger partial charge in [-0.2, -0.15) is 0 Å². The van der Waals surface area contributed by atoms with Crippen LogP contribution in [0.25, 0.3) is 10.8 Å². The number of halogens is 1. The molecule has 1 aliphatic heterocycles. The summed E-state index contributed by atoms with van der Waals surface area (Å²) < 4.78 is 5.26. The number of hydrogen-bond donors (Lipinski definition) is 1. The summed E-state index contributed by atoms with van der Waals surface area (Å²) >= 11 is 7.38. The van der Waals surface area contributed by atoms with Gasteiger partial charge in [0.2, 0.25) is 0 Å². The molecule has 0 bridgehead atoms. The van der Waals surface area contributed by atoms with Crippen LogP contribution in [-0.2, 0) is 4.74 Å². The van der Waals surface area contributed by atoms with Crippen LogP contribution in [0.5, 0.6) is 5.75 Å². The van der Waals surface area contributed by atoms with Crippen LogP contribution < -0.4 is 4.90 Å². The zero-order chi connectivity index (χ0) is 17.6. The molecule has 1 aliphatic rings. The van der Waals surface area contributed by atoms with Gasteiger partial charge in [0, 0.05) is 20.6 Å². The number of hydrogen-bond acceptors (Lipinski definition) is 4. The van der Waals surface area contributed by atoms with E-state index >= 15 is 0 Å². The lowest BCUT2D eigenvalue weighted by atomic mass is 10.1. The summed E-state index contributed by atoms with van der Waals surface area (Å²) in [6.07, 6.45) is -0.549. The number of aromatic hydroxyl groups is 1. The van der Waals surface area contributed by atoms with Gasteiger partial charge in [0.15, 0.2) is 5.56 Å². The van der Waals surface area contributed by atoms with E-state index in [1.807, 2.05) is 48.5 Å². The largest absolute Gasteiger partial charge is 0.507 e. The molecule has 3 aromatic carbocycles. The van der Waals surface area contributed by atoms with Crippen LogP contribution in [0, 0.1) is 0 Å². The Labute approximate surface area is 154 Å². The van der Waals surface area contributed by atoms with E-state index in [-0.39, 0.29) is 5.75 Å². The molecule has 0 aromatic heterocycles. The monoisotopic (exact) mass is 371 g/mol. The maximum Gasteiger partial charge on any atom is 0.420 e. The molecule has 1 N–H and O–H groups in total. The van der Waals surface area contributed by atoms with Crippen molar-refractivity contribution >= 4 is 51.6 Å². The molecule has 0 radical (unpaired) electrons. The fourth-order valence-corrected chi connectivity index (χ4v) is 4.16. The molecule has 1 amide bonds. The topological polar surface area (TPSA) is 49.8 Å². The molecular weight excluding hydrogens is 358 g/mol. The molecule has 0 fully saturated rings. The van der Waals surface area contributed by atoms with Crippen LogP contribution in [0.15, 0.2) is 64.4 Å². The molecule has 126 valence electrons. The second kappa shape index (κ2) is 6.17. The highest BCUT2D eigenvalue weighted by atomic mass is 35.5. The number of carbonyl (C=O) groups excluding carboxylic acids is 1. The summed E-state index contributed by atoms with van der Waals surface area (Å²) in [5.41, 5.74) is 0.679. The van der Waals surface area contributed by atoms with Crippen molar-refractivity contribution in [1.29, 1.82) is 0 Å². The smallest absolute Gasteiger partial charge is 0.420 e. The maximum atomic E-state index is 12.8. The number of fused-ring (bicyclic) bond motifs is 4. The van der Waals surface area contributed by atoms with Crippen molar-refractivity contribution in [3.8, 4) is 5.75 Å². The van der Waals surface area contributed by atoms with Gasteiger partial charge in [0.05, 0.1) is 11.4 Å². The number of phenols is 1. The summed E-state index contributed by atoms with van der Waals surface area (Å²) in [5, 5.41) is 11.8. The Morgan fingerprint density at radius 3 is 2.56 bits per heavy atom. The van der Waals surface area contributed by atoms with Crippen LogP contribution >= 0.6 is 23.4 Å². The first kappa shape index (κ1) is 16.1. The SMILES string of the molecule is CC(Cl)OC(=O)N1c2ccccc2Sc2cc(O)c3ccccc3c21. The average Bonchev–Trinajstić information content (AvgIpc) is 2.59. The first-order chi connectivity index (χ1) is 12.1. The number of benzene rings is 3. The summed E-state index contributed by atoms with van der Waals surface area (Å²) in [5.74, 6) is 0.181. The minimum atomic E-state index is -0.749. The highest BCUT2D eigenvalue weighted by Crippen LogP contribution is 2.52. The fraction of sp³-hybridized carbons (Fsp3) is 0.105. The zero-order valence-electron chi connectivity index (χ0n) is 13.3. The number of carbonyl (C=O) groups is 1. The number of amides is 1. The Morgan fingerprint density at radius 2 is 1.80 bits per heavy atom. The van der Waals surface area contributed by atoms with Crippen molar-refractivity contribution in [3.63, 3.8) is 0 Å². The van der Waals surface area contributed by atoms with E-state index in [2.05, 4.69) is 0 Å². The van der Waals surface area contributed by atoms with Crippen molar-refractivity contribution in [2.45, 2.75) is 22.3 Å². The van der Waals surface area contributed by atoms with Crippen molar-refractivity contribution in [3.05, 3.63) is 54.6 Å². The predicted molar refractivity (Wildman–Crippen MR) is 100 cm³/mol. The van der Waals surface area contributed by atoms with Crippen molar-refractivity contribution in [2.24, 2.45) is 0 Å². The van der Waals surface area contributed by atoms with E-state index in [0.717, 1.165) is 20.9 Å². The van der Waals surface area contributed by atoms with E-state index in [0.29, 0.717) is 11.1 Å². The fourth-order valence-electron chi connectivity index (χ4n) is 2.97. The predicted octanol–water partition coefficient (Wildman–Crippen LogP) is 5.87. The van der Waals surface area contributed by atoms with Crippen molar-refractivity contribution in [1.82, 2.24) is 0 Å². The molecular formula is C19H14ClNO3S. The van der Waals surface area contributed by atoms with Crippen LogP contribution in [-0.4, -0.2) is 16.8 Å². The van der Waals surface area contributed by atoms with Crippen LogP contribution in [0.3, 0.4) is 0 Å². The Bertz CT molecular complexity index is 990. The molecule has 1 atom stereocenters. The first-order valence-corrected chi connectivity index (χ1v) is 8.98. The number of para-hydroxylation sites is 1. The summed E-state index contributed by atoms with van der Waals surface area (Å²) in [7, 11) is 0. The van der Waals surface area contributed by atoms with Gasteiger partial charge in [0.1, 0.15) is 5.75 Å². The second-order valence-corrected chi connectivity index (χ2v) is 7.32. The highest BCUT2D eigenvalue weighted by Gasteiger charge is 2.32. The van der Waals surface area contributed by atoms with Gasteiger partial charge < -0.3 is 9.84 Å². The highest BCUT2D eigenvalue weighted by molar-refractivity contribution is 7.99. The molecule has 0 saturated heterocycles. The molecule has 25 heavy (non-hydrogen) atoms. The zero-order valence-corrected chi connectivity index (χ0v) is 14.8. The van der Waals surface area contributed by atoms with Gasteiger partial charge in [-0.05, 0) is 25.1 Å². The minimum Gasteiger partial charge on any atom is -0.507 e. The lowest BCUT2D eigenvalue weighted by molar-refractivity contribution is 0.149.